The standard InChI is InChI=1S/C19H18F3N3O3/c1-18(2,26)16-24-25-17(28-16)23-11-12-5-3-7-14(9-12)27-15-8-4-6-13(10-15)19(20,21)22/h3-10,26H,11H2,1-2H3,(H,23,25). The molecular weight excluding hydrogens is 375 g/mol. The van der Waals surface area contributed by atoms with Crippen molar-refractivity contribution >= 4 is 6.01 Å². The van der Waals surface area contributed by atoms with Crippen molar-refractivity contribution in [3.63, 3.8) is 0 Å². The lowest BCUT2D eigenvalue weighted by Gasteiger charge is -2.11. The molecule has 0 saturated heterocycles. The second-order valence-corrected chi connectivity index (χ2v) is 6.60. The molecule has 0 spiro atoms. The van der Waals surface area contributed by atoms with E-state index in [0.29, 0.717) is 12.3 Å². The van der Waals surface area contributed by atoms with Crippen molar-refractivity contribution in [1.82, 2.24) is 10.2 Å². The molecule has 0 bridgehead atoms. The molecule has 0 unspecified atom stereocenters. The Hall–Kier alpha value is -3.07. The third kappa shape index (κ3) is 5.01. The number of aliphatic hydroxyl groups is 1. The minimum atomic E-state index is -4.43. The van der Waals surface area contributed by atoms with Crippen LogP contribution in [0, 0.1) is 0 Å². The maximum Gasteiger partial charge on any atom is 0.416 e. The van der Waals surface area contributed by atoms with E-state index >= 15 is 0 Å². The molecule has 9 heteroatoms. The van der Waals surface area contributed by atoms with Gasteiger partial charge in [0.1, 0.15) is 17.1 Å². The summed E-state index contributed by atoms with van der Waals surface area (Å²) in [4.78, 5) is 0. The number of ether oxygens (including phenoxy) is 1. The highest BCUT2D eigenvalue weighted by Crippen LogP contribution is 2.32. The van der Waals surface area contributed by atoms with Crippen LogP contribution in [-0.2, 0) is 18.3 Å². The topological polar surface area (TPSA) is 80.4 Å². The molecular formula is C19H18F3N3O3. The fourth-order valence-electron chi connectivity index (χ4n) is 2.31. The Labute approximate surface area is 159 Å². The van der Waals surface area contributed by atoms with Gasteiger partial charge in [0.2, 0.25) is 5.89 Å². The summed E-state index contributed by atoms with van der Waals surface area (Å²) in [6.45, 7) is 3.37. The Bertz CT molecular complexity index is 949. The molecule has 6 nitrogen and oxygen atoms in total. The molecule has 0 radical (unpaired) electrons. The lowest BCUT2D eigenvalue weighted by Crippen LogP contribution is -2.15. The molecule has 0 aliphatic rings. The number of hydrogen-bond donors (Lipinski definition) is 2. The summed E-state index contributed by atoms with van der Waals surface area (Å²) in [5.74, 6) is 0.560. The van der Waals surface area contributed by atoms with Gasteiger partial charge in [0.25, 0.3) is 0 Å². The number of nitrogens with zero attached hydrogens (tertiary/aromatic N) is 2. The lowest BCUT2D eigenvalue weighted by molar-refractivity contribution is -0.137. The van der Waals surface area contributed by atoms with Gasteiger partial charge >= 0.3 is 12.2 Å². The molecule has 2 aromatic carbocycles. The second-order valence-electron chi connectivity index (χ2n) is 6.60. The summed E-state index contributed by atoms with van der Waals surface area (Å²) in [6.07, 6.45) is -4.43. The molecule has 0 aliphatic carbocycles. The molecule has 2 N–H and O–H groups in total. The molecule has 0 amide bonds. The number of rotatable bonds is 6. The van der Waals surface area contributed by atoms with Gasteiger partial charge in [-0.25, -0.2) is 0 Å². The fourth-order valence-corrected chi connectivity index (χ4v) is 2.31. The summed E-state index contributed by atoms with van der Waals surface area (Å²) in [6, 6.07) is 11.7. The van der Waals surface area contributed by atoms with Crippen molar-refractivity contribution in [2.24, 2.45) is 0 Å². The fraction of sp³-hybridized carbons (Fsp3) is 0.263. The van der Waals surface area contributed by atoms with Gasteiger partial charge in [-0.1, -0.05) is 23.3 Å². The van der Waals surface area contributed by atoms with Crippen LogP contribution in [0.3, 0.4) is 0 Å². The van der Waals surface area contributed by atoms with Crippen LogP contribution in [0.15, 0.2) is 52.9 Å². The van der Waals surface area contributed by atoms with Crippen molar-refractivity contribution in [2.75, 3.05) is 5.32 Å². The van der Waals surface area contributed by atoms with E-state index in [-0.39, 0.29) is 17.7 Å². The zero-order valence-electron chi connectivity index (χ0n) is 15.1. The predicted molar refractivity (Wildman–Crippen MR) is 94.8 cm³/mol. The molecule has 0 atom stereocenters. The van der Waals surface area contributed by atoms with Crippen LogP contribution >= 0.6 is 0 Å². The first kappa shape index (κ1) is 19.7. The van der Waals surface area contributed by atoms with E-state index in [0.717, 1.165) is 17.7 Å². The molecule has 1 aromatic heterocycles. The normalized spacial score (nSPS) is 12.1. The summed E-state index contributed by atoms with van der Waals surface area (Å²) < 4.78 is 49.3. The average molecular weight is 393 g/mol. The van der Waals surface area contributed by atoms with Crippen molar-refractivity contribution in [1.29, 1.82) is 0 Å². The minimum absolute atomic E-state index is 0.0802. The number of anilines is 1. The molecule has 0 aliphatic heterocycles. The number of alkyl halides is 3. The summed E-state index contributed by atoms with van der Waals surface area (Å²) >= 11 is 0. The SMILES string of the molecule is CC(C)(O)c1nnc(NCc2cccc(Oc3cccc(C(F)(F)F)c3)c2)o1. The Balaban J connectivity index is 1.67. The second kappa shape index (κ2) is 7.51. The van der Waals surface area contributed by atoms with Crippen LogP contribution < -0.4 is 10.1 Å². The molecule has 148 valence electrons. The van der Waals surface area contributed by atoms with Crippen LogP contribution in [0.4, 0.5) is 19.2 Å². The van der Waals surface area contributed by atoms with E-state index in [2.05, 4.69) is 15.5 Å². The van der Waals surface area contributed by atoms with Crippen LogP contribution in [0.2, 0.25) is 0 Å². The molecule has 0 saturated carbocycles. The van der Waals surface area contributed by atoms with Gasteiger partial charge < -0.3 is 19.6 Å². The number of benzene rings is 2. The van der Waals surface area contributed by atoms with Crippen molar-refractivity contribution < 1.29 is 27.4 Å². The molecule has 3 rings (SSSR count). The third-order valence-corrected chi connectivity index (χ3v) is 3.69. The maximum atomic E-state index is 12.8. The monoisotopic (exact) mass is 393 g/mol. The number of hydrogen-bond acceptors (Lipinski definition) is 6. The van der Waals surface area contributed by atoms with Crippen molar-refractivity contribution in [3.05, 3.63) is 65.5 Å². The van der Waals surface area contributed by atoms with Gasteiger partial charge in [-0.2, -0.15) is 13.2 Å². The highest BCUT2D eigenvalue weighted by Gasteiger charge is 2.30. The molecule has 0 fully saturated rings. The van der Waals surface area contributed by atoms with Gasteiger partial charge in [-0.05, 0) is 49.7 Å². The molecule has 1 heterocycles. The van der Waals surface area contributed by atoms with Crippen LogP contribution in [0.25, 0.3) is 0 Å². The van der Waals surface area contributed by atoms with Gasteiger partial charge in [0.15, 0.2) is 0 Å². The smallest absolute Gasteiger partial charge is 0.416 e. The van der Waals surface area contributed by atoms with E-state index < -0.39 is 17.3 Å². The first-order valence-electron chi connectivity index (χ1n) is 8.35. The Morgan fingerprint density at radius 2 is 1.71 bits per heavy atom. The Morgan fingerprint density at radius 1 is 1.04 bits per heavy atom. The first-order valence-corrected chi connectivity index (χ1v) is 8.35. The van der Waals surface area contributed by atoms with Crippen LogP contribution in [-0.4, -0.2) is 15.3 Å². The van der Waals surface area contributed by atoms with Crippen molar-refractivity contribution in [3.8, 4) is 11.5 Å². The van der Waals surface area contributed by atoms with E-state index in [1.54, 1.807) is 24.3 Å². The van der Waals surface area contributed by atoms with E-state index in [4.69, 9.17) is 9.15 Å². The van der Waals surface area contributed by atoms with Gasteiger partial charge in [0.05, 0.1) is 5.56 Å². The predicted octanol–water partition coefficient (Wildman–Crippen LogP) is 4.72. The third-order valence-electron chi connectivity index (χ3n) is 3.69. The lowest BCUT2D eigenvalue weighted by atomic mass is 10.1. The number of halogens is 3. The number of nitrogens with one attached hydrogen (secondary N) is 1. The molecule has 3 aromatic rings. The summed E-state index contributed by atoms with van der Waals surface area (Å²) in [7, 11) is 0. The largest absolute Gasteiger partial charge is 0.457 e. The zero-order valence-corrected chi connectivity index (χ0v) is 15.1. The first-order chi connectivity index (χ1) is 13.1. The van der Waals surface area contributed by atoms with Crippen LogP contribution in [0.5, 0.6) is 11.5 Å². The quantitative estimate of drug-likeness (QED) is 0.631. The van der Waals surface area contributed by atoms with Gasteiger partial charge in [0, 0.05) is 6.54 Å². The average Bonchev–Trinajstić information content (AvgIpc) is 3.09. The van der Waals surface area contributed by atoms with Crippen molar-refractivity contribution in [2.45, 2.75) is 32.2 Å². The minimum Gasteiger partial charge on any atom is -0.457 e. The Morgan fingerprint density at radius 3 is 2.36 bits per heavy atom. The van der Waals surface area contributed by atoms with Gasteiger partial charge in [-0.15, -0.1) is 5.10 Å². The summed E-state index contributed by atoms with van der Waals surface area (Å²) in [5, 5.41) is 20.3. The maximum absolute atomic E-state index is 12.8. The van der Waals surface area contributed by atoms with Gasteiger partial charge in [-0.3, -0.25) is 0 Å². The molecule has 28 heavy (non-hydrogen) atoms. The zero-order chi connectivity index (χ0) is 20.4. The van der Waals surface area contributed by atoms with Crippen LogP contribution in [0.1, 0.15) is 30.9 Å². The van der Waals surface area contributed by atoms with E-state index in [1.165, 1.54) is 26.0 Å². The number of aromatic nitrogens is 2. The van der Waals surface area contributed by atoms with E-state index in [9.17, 15) is 18.3 Å². The van der Waals surface area contributed by atoms with E-state index in [1.807, 2.05) is 0 Å². The highest BCUT2D eigenvalue weighted by molar-refractivity contribution is 5.37. The summed E-state index contributed by atoms with van der Waals surface area (Å²) in [5.41, 5.74) is -1.24. The highest BCUT2D eigenvalue weighted by atomic mass is 19.4. The Kier molecular flexibility index (Phi) is 5.28.